The average Bonchev–Trinajstić information content (AvgIpc) is 1.63. The standard InChI is InChI=1S/C6H16N2O/c1-2-3-5(7)4-6(8)9/h5-6,9H,2-4,7-8H2,1H3. The van der Waals surface area contributed by atoms with Crippen LogP contribution in [0.2, 0.25) is 0 Å². The van der Waals surface area contributed by atoms with E-state index in [4.69, 9.17) is 16.6 Å². The zero-order valence-corrected chi connectivity index (χ0v) is 5.88. The first-order valence-corrected chi connectivity index (χ1v) is 3.36. The highest BCUT2D eigenvalue weighted by atomic mass is 16.3. The Kier molecular flexibility index (Phi) is 4.67. The van der Waals surface area contributed by atoms with Gasteiger partial charge in [0.15, 0.2) is 0 Å². The van der Waals surface area contributed by atoms with Crippen LogP contribution in [-0.4, -0.2) is 17.4 Å². The van der Waals surface area contributed by atoms with Gasteiger partial charge in [-0.3, -0.25) is 0 Å². The molecule has 0 radical (unpaired) electrons. The Morgan fingerprint density at radius 1 is 1.44 bits per heavy atom. The normalized spacial score (nSPS) is 17.3. The molecule has 0 fully saturated rings. The third-order valence-electron chi connectivity index (χ3n) is 1.20. The summed E-state index contributed by atoms with van der Waals surface area (Å²) >= 11 is 0. The maximum absolute atomic E-state index is 8.65. The molecule has 0 amide bonds. The Morgan fingerprint density at radius 3 is 2.33 bits per heavy atom. The molecule has 3 heteroatoms. The molecular weight excluding hydrogens is 116 g/mol. The van der Waals surface area contributed by atoms with Crippen molar-refractivity contribution in [3.63, 3.8) is 0 Å². The smallest absolute Gasteiger partial charge is 0.103 e. The van der Waals surface area contributed by atoms with Crippen LogP contribution in [0.1, 0.15) is 26.2 Å². The van der Waals surface area contributed by atoms with E-state index < -0.39 is 6.23 Å². The summed E-state index contributed by atoms with van der Waals surface area (Å²) in [5, 5.41) is 8.65. The average molecular weight is 132 g/mol. The Bertz CT molecular complexity index is 66.1. The molecule has 5 N–H and O–H groups in total. The van der Waals surface area contributed by atoms with E-state index in [2.05, 4.69) is 6.92 Å². The number of nitrogens with two attached hydrogens (primary N) is 2. The van der Waals surface area contributed by atoms with Crippen LogP contribution in [0.15, 0.2) is 0 Å². The minimum atomic E-state index is -0.744. The van der Waals surface area contributed by atoms with Gasteiger partial charge in [0.05, 0.1) is 0 Å². The molecule has 0 bridgehead atoms. The van der Waals surface area contributed by atoms with E-state index in [1.807, 2.05) is 0 Å². The van der Waals surface area contributed by atoms with Crippen LogP contribution in [0, 0.1) is 0 Å². The van der Waals surface area contributed by atoms with Crippen LogP contribution in [0.25, 0.3) is 0 Å². The van der Waals surface area contributed by atoms with Crippen LogP contribution < -0.4 is 11.5 Å². The summed E-state index contributed by atoms with van der Waals surface area (Å²) in [5.74, 6) is 0. The Hall–Kier alpha value is -0.120. The lowest BCUT2D eigenvalue weighted by Crippen LogP contribution is -2.30. The van der Waals surface area contributed by atoms with E-state index in [0.29, 0.717) is 6.42 Å². The van der Waals surface area contributed by atoms with Gasteiger partial charge in [-0.25, -0.2) is 0 Å². The zero-order valence-electron chi connectivity index (χ0n) is 5.88. The van der Waals surface area contributed by atoms with Crippen molar-refractivity contribution in [3.8, 4) is 0 Å². The third-order valence-corrected chi connectivity index (χ3v) is 1.20. The third kappa shape index (κ3) is 5.76. The van der Waals surface area contributed by atoms with E-state index in [9.17, 15) is 0 Å². The van der Waals surface area contributed by atoms with Gasteiger partial charge >= 0.3 is 0 Å². The zero-order chi connectivity index (χ0) is 7.28. The molecule has 3 nitrogen and oxygen atoms in total. The summed E-state index contributed by atoms with van der Waals surface area (Å²) in [7, 11) is 0. The number of hydrogen-bond acceptors (Lipinski definition) is 3. The first-order valence-electron chi connectivity index (χ1n) is 3.36. The monoisotopic (exact) mass is 132 g/mol. The second-order valence-corrected chi connectivity index (χ2v) is 2.35. The molecule has 2 unspecified atom stereocenters. The SMILES string of the molecule is CCCC(N)CC(N)O. The molecule has 0 aliphatic rings. The molecule has 0 saturated heterocycles. The lowest BCUT2D eigenvalue weighted by molar-refractivity contribution is 0.161. The number of aliphatic hydroxyl groups is 1. The van der Waals surface area contributed by atoms with Gasteiger partial charge in [0.2, 0.25) is 0 Å². The van der Waals surface area contributed by atoms with E-state index in [1.165, 1.54) is 0 Å². The summed E-state index contributed by atoms with van der Waals surface area (Å²) in [5.41, 5.74) is 10.6. The van der Waals surface area contributed by atoms with E-state index in [-0.39, 0.29) is 6.04 Å². The maximum atomic E-state index is 8.65. The second kappa shape index (κ2) is 4.73. The minimum absolute atomic E-state index is 0.0648. The van der Waals surface area contributed by atoms with Crippen molar-refractivity contribution in [1.82, 2.24) is 0 Å². The van der Waals surface area contributed by atoms with Crippen molar-refractivity contribution in [2.75, 3.05) is 0 Å². The fourth-order valence-corrected chi connectivity index (χ4v) is 0.799. The van der Waals surface area contributed by atoms with Gasteiger partial charge < -0.3 is 16.6 Å². The number of rotatable bonds is 4. The van der Waals surface area contributed by atoms with Gasteiger partial charge in [0, 0.05) is 12.5 Å². The number of hydrogen-bond donors (Lipinski definition) is 3. The Labute approximate surface area is 56.0 Å². The lowest BCUT2D eigenvalue weighted by atomic mass is 10.1. The van der Waals surface area contributed by atoms with E-state index in [1.54, 1.807) is 0 Å². The molecule has 9 heavy (non-hydrogen) atoms. The molecule has 0 aromatic rings. The van der Waals surface area contributed by atoms with E-state index in [0.717, 1.165) is 12.8 Å². The first-order chi connectivity index (χ1) is 4.16. The lowest BCUT2D eigenvalue weighted by Gasteiger charge is -2.10. The van der Waals surface area contributed by atoms with Crippen LogP contribution in [0.5, 0.6) is 0 Å². The first kappa shape index (κ1) is 8.88. The molecule has 0 aliphatic carbocycles. The molecule has 2 atom stereocenters. The van der Waals surface area contributed by atoms with Crippen LogP contribution >= 0.6 is 0 Å². The summed E-state index contributed by atoms with van der Waals surface area (Å²) in [6.45, 7) is 2.06. The van der Waals surface area contributed by atoms with Crippen molar-refractivity contribution in [1.29, 1.82) is 0 Å². The topological polar surface area (TPSA) is 72.3 Å². The fourth-order valence-electron chi connectivity index (χ4n) is 0.799. The molecule has 0 saturated carbocycles. The quantitative estimate of drug-likeness (QED) is 0.463. The maximum Gasteiger partial charge on any atom is 0.103 e. The van der Waals surface area contributed by atoms with Crippen molar-refractivity contribution in [2.45, 2.75) is 38.5 Å². The van der Waals surface area contributed by atoms with Gasteiger partial charge in [0.25, 0.3) is 0 Å². The van der Waals surface area contributed by atoms with Crippen molar-refractivity contribution < 1.29 is 5.11 Å². The summed E-state index contributed by atoms with van der Waals surface area (Å²) in [4.78, 5) is 0. The van der Waals surface area contributed by atoms with Crippen molar-refractivity contribution in [2.24, 2.45) is 11.5 Å². The molecule has 0 aliphatic heterocycles. The molecule has 0 aromatic heterocycles. The van der Waals surface area contributed by atoms with Crippen LogP contribution in [0.4, 0.5) is 0 Å². The molecule has 56 valence electrons. The van der Waals surface area contributed by atoms with Gasteiger partial charge in [-0.2, -0.15) is 0 Å². The highest BCUT2D eigenvalue weighted by molar-refractivity contribution is 4.62. The van der Waals surface area contributed by atoms with Crippen molar-refractivity contribution >= 4 is 0 Å². The predicted octanol–water partition coefficient (Wildman–Crippen LogP) is -0.219. The van der Waals surface area contributed by atoms with Crippen LogP contribution in [-0.2, 0) is 0 Å². The predicted molar refractivity (Wildman–Crippen MR) is 37.7 cm³/mol. The van der Waals surface area contributed by atoms with Gasteiger partial charge in [-0.15, -0.1) is 0 Å². The molecular formula is C6H16N2O. The molecule has 0 heterocycles. The van der Waals surface area contributed by atoms with Crippen LogP contribution in [0.3, 0.4) is 0 Å². The summed E-state index contributed by atoms with van der Waals surface area (Å²) in [6, 6.07) is 0.0648. The summed E-state index contributed by atoms with van der Waals surface area (Å²) in [6.07, 6.45) is 1.75. The summed E-state index contributed by atoms with van der Waals surface area (Å²) < 4.78 is 0. The Morgan fingerprint density at radius 2 is 2.00 bits per heavy atom. The molecule has 0 rings (SSSR count). The highest BCUT2D eigenvalue weighted by Gasteiger charge is 2.03. The van der Waals surface area contributed by atoms with Gasteiger partial charge in [-0.05, 0) is 6.42 Å². The second-order valence-electron chi connectivity index (χ2n) is 2.35. The van der Waals surface area contributed by atoms with Gasteiger partial charge in [-0.1, -0.05) is 13.3 Å². The Balaban J connectivity index is 3.15. The highest BCUT2D eigenvalue weighted by Crippen LogP contribution is 1.98. The minimum Gasteiger partial charge on any atom is -0.379 e. The largest absolute Gasteiger partial charge is 0.379 e. The van der Waals surface area contributed by atoms with E-state index >= 15 is 0 Å². The molecule has 0 aromatic carbocycles. The number of aliphatic hydroxyl groups excluding tert-OH is 1. The van der Waals surface area contributed by atoms with Gasteiger partial charge in [0.1, 0.15) is 6.23 Å². The van der Waals surface area contributed by atoms with Crippen molar-refractivity contribution in [3.05, 3.63) is 0 Å². The fraction of sp³-hybridized carbons (Fsp3) is 1.00. The molecule has 0 spiro atoms.